The van der Waals surface area contributed by atoms with E-state index in [0.29, 0.717) is 11.6 Å². The number of likely N-dealkylation sites (tertiary alicyclic amines) is 1. The summed E-state index contributed by atoms with van der Waals surface area (Å²) in [4.78, 5) is 15.1. The van der Waals surface area contributed by atoms with Gasteiger partial charge in [0, 0.05) is 24.3 Å². The Bertz CT molecular complexity index is 781. The van der Waals surface area contributed by atoms with Crippen LogP contribution in [-0.4, -0.2) is 33.7 Å². The fourth-order valence-electron chi connectivity index (χ4n) is 4.09. The van der Waals surface area contributed by atoms with E-state index in [1.807, 2.05) is 9.58 Å². The molecule has 0 bridgehead atoms. The molecule has 2 heterocycles. The van der Waals surface area contributed by atoms with E-state index < -0.39 is 0 Å². The van der Waals surface area contributed by atoms with Crippen molar-refractivity contribution in [1.29, 1.82) is 0 Å². The smallest absolute Gasteiger partial charge is 0.274 e. The second-order valence-electron chi connectivity index (χ2n) is 7.37. The highest BCUT2D eigenvalue weighted by atomic mass is 19.1. The lowest BCUT2D eigenvalue weighted by Gasteiger charge is -2.30. The highest BCUT2D eigenvalue weighted by Crippen LogP contribution is 2.29. The molecule has 1 aliphatic heterocycles. The highest BCUT2D eigenvalue weighted by Gasteiger charge is 2.30. The van der Waals surface area contributed by atoms with Gasteiger partial charge in [-0.1, -0.05) is 6.92 Å². The summed E-state index contributed by atoms with van der Waals surface area (Å²) >= 11 is 0. The number of carbonyl (C=O) groups excluding carboxylic acids is 1. The van der Waals surface area contributed by atoms with Crippen LogP contribution >= 0.6 is 0 Å². The summed E-state index contributed by atoms with van der Waals surface area (Å²) in [5.74, 6) is 0.349. The van der Waals surface area contributed by atoms with Crippen LogP contribution in [0.5, 0.6) is 0 Å². The highest BCUT2D eigenvalue weighted by molar-refractivity contribution is 5.94. The van der Waals surface area contributed by atoms with Crippen LogP contribution in [0.15, 0.2) is 24.3 Å². The quantitative estimate of drug-likeness (QED) is 0.834. The van der Waals surface area contributed by atoms with Crippen molar-refractivity contribution in [3.8, 4) is 5.69 Å². The number of carbonyl (C=O) groups is 1. The summed E-state index contributed by atoms with van der Waals surface area (Å²) in [6, 6.07) is 6.35. The van der Waals surface area contributed by atoms with Crippen LogP contribution in [0.4, 0.5) is 4.39 Å². The molecular weight excluding hydrogens is 317 g/mol. The molecule has 1 atom stereocenters. The number of halogens is 1. The number of nitrogens with zero attached hydrogens (tertiary/aromatic N) is 3. The molecule has 1 amide bonds. The maximum Gasteiger partial charge on any atom is 0.274 e. The van der Waals surface area contributed by atoms with Gasteiger partial charge >= 0.3 is 0 Å². The predicted molar refractivity (Wildman–Crippen MR) is 94.5 cm³/mol. The molecule has 0 radical (unpaired) electrons. The Morgan fingerprint density at radius 1 is 1.16 bits per heavy atom. The molecule has 1 aromatic carbocycles. The van der Waals surface area contributed by atoms with Gasteiger partial charge in [-0.15, -0.1) is 0 Å². The molecule has 25 heavy (non-hydrogen) atoms. The van der Waals surface area contributed by atoms with E-state index in [1.54, 1.807) is 12.1 Å². The fourth-order valence-corrected chi connectivity index (χ4v) is 4.09. The number of benzene rings is 1. The molecule has 1 saturated heterocycles. The second-order valence-corrected chi connectivity index (χ2v) is 7.37. The van der Waals surface area contributed by atoms with E-state index >= 15 is 0 Å². The maximum atomic E-state index is 13.3. The normalized spacial score (nSPS) is 20.4. The molecule has 132 valence electrons. The molecular formula is C20H24FN3O. The van der Waals surface area contributed by atoms with Crippen LogP contribution in [0.1, 0.15) is 54.4 Å². The Kier molecular flexibility index (Phi) is 4.32. The molecule has 1 fully saturated rings. The summed E-state index contributed by atoms with van der Waals surface area (Å²) in [5, 5.41) is 4.69. The first-order valence-corrected chi connectivity index (χ1v) is 9.29. The molecule has 2 aliphatic rings. The fraction of sp³-hybridized carbons (Fsp3) is 0.500. The SMILES string of the molecule is CC1CCCN(C(=O)c2nn(-c3ccc(F)cc3)c3c2CCCC3)C1. The molecule has 1 aromatic heterocycles. The van der Waals surface area contributed by atoms with Crippen molar-refractivity contribution in [3.05, 3.63) is 47.0 Å². The summed E-state index contributed by atoms with van der Waals surface area (Å²) in [6.45, 7) is 3.84. The van der Waals surface area contributed by atoms with Crippen LogP contribution in [0, 0.1) is 11.7 Å². The van der Waals surface area contributed by atoms with Crippen LogP contribution in [0.25, 0.3) is 5.69 Å². The third-order valence-corrected chi connectivity index (χ3v) is 5.40. The standard InChI is InChI=1S/C20H24FN3O/c1-14-5-4-12-23(13-14)20(25)19-17-6-2-3-7-18(17)24(22-19)16-10-8-15(21)9-11-16/h8-11,14H,2-7,12-13H2,1H3. The van der Waals surface area contributed by atoms with E-state index in [-0.39, 0.29) is 11.7 Å². The minimum absolute atomic E-state index is 0.0607. The number of hydrogen-bond acceptors (Lipinski definition) is 2. The first-order chi connectivity index (χ1) is 12.1. The lowest BCUT2D eigenvalue weighted by Crippen LogP contribution is -2.39. The molecule has 0 saturated carbocycles. The van der Waals surface area contributed by atoms with Crippen LogP contribution in [0.2, 0.25) is 0 Å². The Morgan fingerprint density at radius 3 is 2.68 bits per heavy atom. The summed E-state index contributed by atoms with van der Waals surface area (Å²) < 4.78 is 15.1. The minimum Gasteiger partial charge on any atom is -0.337 e. The Hall–Kier alpha value is -2.17. The van der Waals surface area contributed by atoms with Crippen molar-refractivity contribution >= 4 is 5.91 Å². The zero-order valence-electron chi connectivity index (χ0n) is 14.7. The van der Waals surface area contributed by atoms with Crippen molar-refractivity contribution in [1.82, 2.24) is 14.7 Å². The van der Waals surface area contributed by atoms with Crippen molar-refractivity contribution < 1.29 is 9.18 Å². The number of fused-ring (bicyclic) bond motifs is 1. The van der Waals surface area contributed by atoms with Crippen LogP contribution < -0.4 is 0 Å². The number of aromatic nitrogens is 2. The van der Waals surface area contributed by atoms with Crippen LogP contribution in [0.3, 0.4) is 0 Å². The molecule has 2 aromatic rings. The third-order valence-electron chi connectivity index (χ3n) is 5.40. The zero-order chi connectivity index (χ0) is 17.4. The number of amides is 1. The first-order valence-electron chi connectivity index (χ1n) is 9.29. The first kappa shape index (κ1) is 16.3. The Labute approximate surface area is 147 Å². The van der Waals surface area contributed by atoms with Crippen molar-refractivity contribution in [2.45, 2.75) is 45.4 Å². The summed E-state index contributed by atoms with van der Waals surface area (Å²) in [6.07, 6.45) is 6.27. The van der Waals surface area contributed by atoms with Gasteiger partial charge in [0.05, 0.1) is 5.69 Å². The summed E-state index contributed by atoms with van der Waals surface area (Å²) in [7, 11) is 0. The number of piperidine rings is 1. The number of hydrogen-bond donors (Lipinski definition) is 0. The van der Waals surface area contributed by atoms with Gasteiger partial charge in [-0.2, -0.15) is 5.10 Å². The van der Waals surface area contributed by atoms with Gasteiger partial charge in [0.1, 0.15) is 5.82 Å². The average Bonchev–Trinajstić information content (AvgIpc) is 3.01. The molecule has 0 spiro atoms. The van der Waals surface area contributed by atoms with Gasteiger partial charge in [-0.3, -0.25) is 4.79 Å². The monoisotopic (exact) mass is 341 g/mol. The Balaban J connectivity index is 1.73. The molecule has 4 nitrogen and oxygen atoms in total. The minimum atomic E-state index is -0.261. The lowest BCUT2D eigenvalue weighted by molar-refractivity contribution is 0.0675. The van der Waals surface area contributed by atoms with Crippen molar-refractivity contribution in [2.24, 2.45) is 5.92 Å². The van der Waals surface area contributed by atoms with E-state index in [2.05, 4.69) is 6.92 Å². The molecule has 5 heteroatoms. The lowest BCUT2D eigenvalue weighted by atomic mass is 9.94. The van der Waals surface area contributed by atoms with Gasteiger partial charge in [-0.25, -0.2) is 9.07 Å². The molecule has 4 rings (SSSR count). The van der Waals surface area contributed by atoms with E-state index in [9.17, 15) is 9.18 Å². The van der Waals surface area contributed by atoms with Gasteiger partial charge in [0.25, 0.3) is 5.91 Å². The van der Waals surface area contributed by atoms with Gasteiger partial charge < -0.3 is 4.90 Å². The Morgan fingerprint density at radius 2 is 1.92 bits per heavy atom. The zero-order valence-corrected chi connectivity index (χ0v) is 14.7. The third kappa shape index (κ3) is 3.08. The van der Waals surface area contributed by atoms with Crippen molar-refractivity contribution in [2.75, 3.05) is 13.1 Å². The van der Waals surface area contributed by atoms with Crippen molar-refractivity contribution in [3.63, 3.8) is 0 Å². The maximum absolute atomic E-state index is 13.3. The average molecular weight is 341 g/mol. The van der Waals surface area contributed by atoms with Gasteiger partial charge in [-0.05, 0) is 68.7 Å². The van der Waals surface area contributed by atoms with E-state index in [4.69, 9.17) is 5.10 Å². The topological polar surface area (TPSA) is 38.1 Å². The predicted octanol–water partition coefficient (Wildman–Crippen LogP) is 3.76. The van der Waals surface area contributed by atoms with Crippen LogP contribution in [-0.2, 0) is 12.8 Å². The number of rotatable bonds is 2. The van der Waals surface area contributed by atoms with E-state index in [1.165, 1.54) is 18.6 Å². The summed E-state index contributed by atoms with van der Waals surface area (Å²) in [5.41, 5.74) is 3.64. The molecule has 1 unspecified atom stereocenters. The van der Waals surface area contributed by atoms with E-state index in [0.717, 1.165) is 62.1 Å². The van der Waals surface area contributed by atoms with Gasteiger partial charge in [0.15, 0.2) is 5.69 Å². The largest absolute Gasteiger partial charge is 0.337 e. The molecule has 1 aliphatic carbocycles. The second kappa shape index (κ2) is 6.62. The van der Waals surface area contributed by atoms with Gasteiger partial charge in [0.2, 0.25) is 0 Å². The molecule has 0 N–H and O–H groups in total.